The van der Waals surface area contributed by atoms with Crippen LogP contribution in [0, 0.1) is 6.92 Å². The van der Waals surface area contributed by atoms with E-state index in [0.29, 0.717) is 6.10 Å². The minimum atomic E-state index is 0.320. The quantitative estimate of drug-likeness (QED) is 0.773. The lowest BCUT2D eigenvalue weighted by atomic mass is 10.1. The Bertz CT molecular complexity index is 516. The normalized spacial score (nSPS) is 11.6. The molecule has 0 bridgehead atoms. The first-order valence-electron chi connectivity index (χ1n) is 6.98. The molecule has 1 N–H and O–H groups in total. The van der Waals surface area contributed by atoms with E-state index in [9.17, 15) is 0 Å². The van der Waals surface area contributed by atoms with Crippen molar-refractivity contribution in [2.45, 2.75) is 39.8 Å². The maximum atomic E-state index is 5.74. The Balaban J connectivity index is 1.83. The van der Waals surface area contributed by atoms with E-state index >= 15 is 0 Å². The van der Waals surface area contributed by atoms with Gasteiger partial charge in [-0.25, -0.2) is 0 Å². The van der Waals surface area contributed by atoms with Crippen LogP contribution in [0.3, 0.4) is 0 Å². The number of fused-ring (bicyclic) bond motifs is 1. The van der Waals surface area contributed by atoms with Crippen LogP contribution in [0.1, 0.15) is 31.6 Å². The largest absolute Gasteiger partial charge is 0.461 e. The summed E-state index contributed by atoms with van der Waals surface area (Å²) in [6.07, 6.45) is 1.35. The standard InChI is InChI=1S/C16H23NO2/c1-12(2)18-10-6-9-17-11-15-13(3)19-16-8-5-4-7-14(15)16/h4-5,7-8,12,17H,6,9-11H2,1-3H3. The number of furan rings is 1. The number of benzene rings is 1. The lowest BCUT2D eigenvalue weighted by Gasteiger charge is -2.08. The number of ether oxygens (including phenoxy) is 1. The van der Waals surface area contributed by atoms with Crippen molar-refractivity contribution in [2.24, 2.45) is 0 Å². The highest BCUT2D eigenvalue weighted by Gasteiger charge is 2.09. The van der Waals surface area contributed by atoms with E-state index in [1.807, 2.05) is 19.1 Å². The van der Waals surface area contributed by atoms with Gasteiger partial charge in [-0.15, -0.1) is 0 Å². The van der Waals surface area contributed by atoms with Crippen LogP contribution >= 0.6 is 0 Å². The summed E-state index contributed by atoms with van der Waals surface area (Å²) >= 11 is 0. The highest BCUT2D eigenvalue weighted by Crippen LogP contribution is 2.24. The van der Waals surface area contributed by atoms with Gasteiger partial charge in [0.15, 0.2) is 0 Å². The Morgan fingerprint density at radius 1 is 1.26 bits per heavy atom. The van der Waals surface area contributed by atoms with Crippen LogP contribution in [-0.4, -0.2) is 19.3 Å². The lowest BCUT2D eigenvalue weighted by Crippen LogP contribution is -2.17. The van der Waals surface area contributed by atoms with Crippen LogP contribution < -0.4 is 5.32 Å². The molecule has 0 fully saturated rings. The Labute approximate surface area is 114 Å². The van der Waals surface area contributed by atoms with Gasteiger partial charge in [0.05, 0.1) is 6.10 Å². The molecule has 0 spiro atoms. The summed E-state index contributed by atoms with van der Waals surface area (Å²) in [6, 6.07) is 8.19. The molecule has 1 aromatic carbocycles. The number of hydrogen-bond acceptors (Lipinski definition) is 3. The lowest BCUT2D eigenvalue weighted by molar-refractivity contribution is 0.0770. The maximum Gasteiger partial charge on any atom is 0.134 e. The predicted molar refractivity (Wildman–Crippen MR) is 78.4 cm³/mol. The molecule has 0 aliphatic rings. The monoisotopic (exact) mass is 261 g/mol. The van der Waals surface area contributed by atoms with Crippen molar-refractivity contribution in [2.75, 3.05) is 13.2 Å². The maximum absolute atomic E-state index is 5.74. The van der Waals surface area contributed by atoms with Crippen LogP contribution in [0.15, 0.2) is 28.7 Å². The van der Waals surface area contributed by atoms with Crippen molar-refractivity contribution in [3.05, 3.63) is 35.6 Å². The number of nitrogens with one attached hydrogen (secondary N) is 1. The van der Waals surface area contributed by atoms with Crippen molar-refractivity contribution >= 4 is 11.0 Å². The van der Waals surface area contributed by atoms with Gasteiger partial charge < -0.3 is 14.5 Å². The molecular weight excluding hydrogens is 238 g/mol. The van der Waals surface area contributed by atoms with Gasteiger partial charge in [-0.05, 0) is 39.8 Å². The molecule has 19 heavy (non-hydrogen) atoms. The Hall–Kier alpha value is -1.32. The van der Waals surface area contributed by atoms with E-state index in [1.165, 1.54) is 10.9 Å². The second-order valence-corrected chi connectivity index (χ2v) is 5.08. The van der Waals surface area contributed by atoms with E-state index in [0.717, 1.165) is 37.5 Å². The minimum absolute atomic E-state index is 0.320. The zero-order valence-electron chi connectivity index (χ0n) is 12.0. The van der Waals surface area contributed by atoms with Crippen LogP contribution in [0.5, 0.6) is 0 Å². The predicted octanol–water partition coefficient (Wildman–Crippen LogP) is 3.65. The van der Waals surface area contributed by atoms with E-state index < -0.39 is 0 Å². The third-order valence-electron chi connectivity index (χ3n) is 3.15. The van der Waals surface area contributed by atoms with Crippen molar-refractivity contribution < 1.29 is 9.15 Å². The number of rotatable bonds is 7. The molecule has 104 valence electrons. The molecule has 0 saturated heterocycles. The Kier molecular flexibility index (Phi) is 5.00. The smallest absolute Gasteiger partial charge is 0.134 e. The number of aryl methyl sites for hydroxylation is 1. The molecule has 0 saturated carbocycles. The van der Waals surface area contributed by atoms with E-state index in [-0.39, 0.29) is 0 Å². The highest BCUT2D eigenvalue weighted by atomic mass is 16.5. The average molecular weight is 261 g/mol. The average Bonchev–Trinajstić information content (AvgIpc) is 2.69. The molecule has 0 atom stereocenters. The van der Waals surface area contributed by atoms with E-state index in [2.05, 4.69) is 31.3 Å². The molecule has 2 aromatic rings. The van der Waals surface area contributed by atoms with Gasteiger partial charge >= 0.3 is 0 Å². The molecule has 1 aromatic heterocycles. The first-order valence-corrected chi connectivity index (χ1v) is 6.98. The number of para-hydroxylation sites is 1. The van der Waals surface area contributed by atoms with Crippen LogP contribution in [-0.2, 0) is 11.3 Å². The van der Waals surface area contributed by atoms with Gasteiger partial charge in [0, 0.05) is 24.1 Å². The molecule has 3 nitrogen and oxygen atoms in total. The first-order chi connectivity index (χ1) is 9.18. The molecule has 2 rings (SSSR count). The van der Waals surface area contributed by atoms with Gasteiger partial charge in [0.25, 0.3) is 0 Å². The van der Waals surface area contributed by atoms with Crippen molar-refractivity contribution in [1.82, 2.24) is 5.32 Å². The molecule has 3 heteroatoms. The van der Waals surface area contributed by atoms with Gasteiger partial charge in [0.2, 0.25) is 0 Å². The second kappa shape index (κ2) is 6.73. The van der Waals surface area contributed by atoms with Crippen molar-refractivity contribution in [3.8, 4) is 0 Å². The third kappa shape index (κ3) is 3.82. The summed E-state index contributed by atoms with van der Waals surface area (Å²) < 4.78 is 11.3. The molecule has 1 heterocycles. The molecule has 0 aliphatic heterocycles. The highest BCUT2D eigenvalue weighted by molar-refractivity contribution is 5.82. The molecule has 0 radical (unpaired) electrons. The molecule has 0 aliphatic carbocycles. The van der Waals surface area contributed by atoms with Crippen molar-refractivity contribution in [3.63, 3.8) is 0 Å². The fourth-order valence-electron chi connectivity index (χ4n) is 2.17. The second-order valence-electron chi connectivity index (χ2n) is 5.08. The van der Waals surface area contributed by atoms with Gasteiger partial charge in [0.1, 0.15) is 11.3 Å². The van der Waals surface area contributed by atoms with Gasteiger partial charge in [-0.1, -0.05) is 18.2 Å². The summed E-state index contributed by atoms with van der Waals surface area (Å²) in [5.74, 6) is 1.01. The molecular formula is C16H23NO2. The van der Waals surface area contributed by atoms with Crippen LogP contribution in [0.2, 0.25) is 0 Å². The van der Waals surface area contributed by atoms with Gasteiger partial charge in [-0.2, -0.15) is 0 Å². The SMILES string of the molecule is Cc1oc2ccccc2c1CNCCCOC(C)C. The molecule has 0 unspecified atom stereocenters. The summed E-state index contributed by atoms with van der Waals surface area (Å²) in [5.41, 5.74) is 2.24. The van der Waals surface area contributed by atoms with Crippen LogP contribution in [0.4, 0.5) is 0 Å². The van der Waals surface area contributed by atoms with Crippen molar-refractivity contribution in [1.29, 1.82) is 0 Å². The zero-order valence-corrected chi connectivity index (χ0v) is 12.0. The first kappa shape index (κ1) is 14.1. The Morgan fingerprint density at radius 2 is 2.05 bits per heavy atom. The van der Waals surface area contributed by atoms with E-state index in [1.54, 1.807) is 0 Å². The zero-order chi connectivity index (χ0) is 13.7. The number of hydrogen-bond donors (Lipinski definition) is 1. The van der Waals surface area contributed by atoms with Gasteiger partial charge in [-0.3, -0.25) is 0 Å². The Morgan fingerprint density at radius 3 is 2.84 bits per heavy atom. The third-order valence-corrected chi connectivity index (χ3v) is 3.15. The topological polar surface area (TPSA) is 34.4 Å². The summed E-state index contributed by atoms with van der Waals surface area (Å²) in [7, 11) is 0. The fourth-order valence-corrected chi connectivity index (χ4v) is 2.17. The summed E-state index contributed by atoms with van der Waals surface area (Å²) in [5, 5.41) is 4.67. The summed E-state index contributed by atoms with van der Waals surface area (Å²) in [6.45, 7) is 8.79. The summed E-state index contributed by atoms with van der Waals surface area (Å²) in [4.78, 5) is 0. The van der Waals surface area contributed by atoms with E-state index in [4.69, 9.17) is 9.15 Å². The minimum Gasteiger partial charge on any atom is -0.461 e. The molecule has 0 amide bonds. The van der Waals surface area contributed by atoms with Crippen LogP contribution in [0.25, 0.3) is 11.0 Å². The fraction of sp³-hybridized carbons (Fsp3) is 0.500.